The summed E-state index contributed by atoms with van der Waals surface area (Å²) in [4.78, 5) is 0. The summed E-state index contributed by atoms with van der Waals surface area (Å²) in [5.74, 6) is 0. The molecule has 0 atom stereocenters. The van der Waals surface area contributed by atoms with Gasteiger partial charge < -0.3 is 4.52 Å². The van der Waals surface area contributed by atoms with Gasteiger partial charge in [-0.05, 0) is 24.1 Å². The minimum absolute atomic E-state index is 0.857. The molecule has 2 aromatic rings. The van der Waals surface area contributed by atoms with E-state index in [-0.39, 0.29) is 0 Å². The zero-order chi connectivity index (χ0) is 8.55. The Balaban J connectivity index is 2.73. The van der Waals surface area contributed by atoms with Crippen LogP contribution in [-0.2, 0) is 6.42 Å². The number of nitrogens with zero attached hydrogens (tertiary/aromatic N) is 1. The maximum Gasteiger partial charge on any atom is 0.167 e. The Morgan fingerprint density at radius 1 is 1.50 bits per heavy atom. The molecule has 0 bridgehead atoms. The van der Waals surface area contributed by atoms with Crippen LogP contribution in [0.15, 0.2) is 27.3 Å². The van der Waals surface area contributed by atoms with E-state index < -0.39 is 0 Å². The molecule has 0 aliphatic heterocycles. The summed E-state index contributed by atoms with van der Waals surface area (Å²) in [6, 6.07) is 4.05. The van der Waals surface area contributed by atoms with Crippen LogP contribution in [0.3, 0.4) is 0 Å². The first-order valence-electron chi connectivity index (χ1n) is 3.84. The van der Waals surface area contributed by atoms with E-state index in [0.29, 0.717) is 0 Å². The highest BCUT2D eigenvalue weighted by Gasteiger charge is 2.03. The number of hydrogen-bond acceptors (Lipinski definition) is 2. The van der Waals surface area contributed by atoms with E-state index in [1.807, 2.05) is 12.1 Å². The summed E-state index contributed by atoms with van der Waals surface area (Å²) in [5.41, 5.74) is 2.11. The van der Waals surface area contributed by atoms with Gasteiger partial charge >= 0.3 is 0 Å². The summed E-state index contributed by atoms with van der Waals surface area (Å²) in [5, 5.41) is 4.76. The zero-order valence-electron chi connectivity index (χ0n) is 6.67. The van der Waals surface area contributed by atoms with Gasteiger partial charge in [0.15, 0.2) is 5.58 Å². The third kappa shape index (κ3) is 1.14. The van der Waals surface area contributed by atoms with E-state index in [4.69, 9.17) is 4.52 Å². The Bertz CT molecular complexity index is 408. The van der Waals surface area contributed by atoms with Crippen molar-refractivity contribution >= 4 is 26.9 Å². The van der Waals surface area contributed by atoms with Crippen molar-refractivity contribution in [3.05, 3.63) is 28.4 Å². The van der Waals surface area contributed by atoms with E-state index in [0.717, 1.165) is 21.9 Å². The molecular formula is C9H8BrNO. The largest absolute Gasteiger partial charge is 0.356 e. The van der Waals surface area contributed by atoms with Crippen LogP contribution in [0.5, 0.6) is 0 Å². The number of benzene rings is 1. The summed E-state index contributed by atoms with van der Waals surface area (Å²) in [7, 11) is 0. The average molecular weight is 226 g/mol. The van der Waals surface area contributed by atoms with E-state index >= 15 is 0 Å². The predicted molar refractivity (Wildman–Crippen MR) is 51.1 cm³/mol. The molecule has 3 heteroatoms. The molecule has 0 N–H and O–H groups in total. The number of halogens is 1. The molecule has 0 unspecified atom stereocenters. The van der Waals surface area contributed by atoms with Gasteiger partial charge in [0.25, 0.3) is 0 Å². The third-order valence-electron chi connectivity index (χ3n) is 1.90. The van der Waals surface area contributed by atoms with Crippen molar-refractivity contribution in [2.45, 2.75) is 13.3 Å². The molecule has 0 saturated heterocycles. The van der Waals surface area contributed by atoms with Gasteiger partial charge in [0.1, 0.15) is 0 Å². The van der Waals surface area contributed by atoms with Gasteiger partial charge in [-0.15, -0.1) is 0 Å². The van der Waals surface area contributed by atoms with Crippen molar-refractivity contribution in [2.75, 3.05) is 0 Å². The molecule has 2 rings (SSSR count). The number of hydrogen-bond donors (Lipinski definition) is 0. The number of aryl methyl sites for hydroxylation is 1. The molecule has 12 heavy (non-hydrogen) atoms. The van der Waals surface area contributed by atoms with E-state index in [1.54, 1.807) is 6.20 Å². The van der Waals surface area contributed by atoms with Crippen LogP contribution in [0.2, 0.25) is 0 Å². The van der Waals surface area contributed by atoms with Gasteiger partial charge in [-0.25, -0.2) is 0 Å². The minimum Gasteiger partial charge on any atom is -0.356 e. The van der Waals surface area contributed by atoms with Crippen LogP contribution < -0.4 is 0 Å². The van der Waals surface area contributed by atoms with Gasteiger partial charge in [0.05, 0.1) is 6.20 Å². The van der Waals surface area contributed by atoms with Gasteiger partial charge in [0.2, 0.25) is 0 Å². The number of aromatic nitrogens is 1. The second-order valence-corrected chi connectivity index (χ2v) is 3.52. The molecule has 0 aliphatic carbocycles. The lowest BCUT2D eigenvalue weighted by atomic mass is 10.1. The number of fused-ring (bicyclic) bond motifs is 1. The van der Waals surface area contributed by atoms with Crippen molar-refractivity contribution in [1.82, 2.24) is 5.16 Å². The lowest BCUT2D eigenvalue weighted by Gasteiger charge is -1.98. The molecule has 1 aromatic heterocycles. The summed E-state index contributed by atoms with van der Waals surface area (Å²) < 4.78 is 6.17. The summed E-state index contributed by atoms with van der Waals surface area (Å²) in [6.45, 7) is 2.11. The first kappa shape index (κ1) is 7.80. The molecule has 0 aliphatic rings. The summed E-state index contributed by atoms with van der Waals surface area (Å²) >= 11 is 3.49. The molecule has 0 spiro atoms. The monoisotopic (exact) mass is 225 g/mol. The minimum atomic E-state index is 0.857. The van der Waals surface area contributed by atoms with Crippen molar-refractivity contribution in [3.63, 3.8) is 0 Å². The number of rotatable bonds is 1. The van der Waals surface area contributed by atoms with Gasteiger partial charge in [-0.1, -0.05) is 28.0 Å². The molecule has 2 nitrogen and oxygen atoms in total. The van der Waals surface area contributed by atoms with Crippen LogP contribution >= 0.6 is 15.9 Å². The molecule has 0 fully saturated rings. The van der Waals surface area contributed by atoms with Crippen molar-refractivity contribution in [2.24, 2.45) is 0 Å². The third-order valence-corrected chi connectivity index (χ3v) is 2.64. The lowest BCUT2D eigenvalue weighted by Crippen LogP contribution is -1.80. The van der Waals surface area contributed by atoms with Crippen LogP contribution in [0.1, 0.15) is 12.5 Å². The Morgan fingerprint density at radius 2 is 2.33 bits per heavy atom. The fourth-order valence-electron chi connectivity index (χ4n) is 1.20. The molecule has 1 aromatic carbocycles. The second kappa shape index (κ2) is 2.90. The molecular weight excluding hydrogens is 218 g/mol. The maximum absolute atomic E-state index is 5.04. The highest BCUT2D eigenvalue weighted by atomic mass is 79.9. The van der Waals surface area contributed by atoms with Crippen LogP contribution in [-0.4, -0.2) is 5.16 Å². The van der Waals surface area contributed by atoms with Crippen molar-refractivity contribution in [1.29, 1.82) is 0 Å². The van der Waals surface area contributed by atoms with E-state index in [2.05, 4.69) is 28.0 Å². The summed E-state index contributed by atoms with van der Waals surface area (Å²) in [6.07, 6.45) is 2.72. The first-order valence-corrected chi connectivity index (χ1v) is 4.63. The van der Waals surface area contributed by atoms with Gasteiger partial charge in [-0.3, -0.25) is 0 Å². The molecule has 0 saturated carbocycles. The van der Waals surface area contributed by atoms with Crippen LogP contribution in [0.4, 0.5) is 0 Å². The average Bonchev–Trinajstić information content (AvgIpc) is 2.49. The maximum atomic E-state index is 5.04. The zero-order valence-corrected chi connectivity index (χ0v) is 8.26. The fraction of sp³-hybridized carbons (Fsp3) is 0.222. The Hall–Kier alpha value is -0.830. The highest BCUT2D eigenvalue weighted by molar-refractivity contribution is 9.10. The van der Waals surface area contributed by atoms with Crippen LogP contribution in [0.25, 0.3) is 11.0 Å². The van der Waals surface area contributed by atoms with Gasteiger partial charge in [-0.2, -0.15) is 0 Å². The molecule has 62 valence electrons. The topological polar surface area (TPSA) is 26.0 Å². The molecule has 0 radical (unpaired) electrons. The smallest absolute Gasteiger partial charge is 0.167 e. The molecule has 0 amide bonds. The Kier molecular flexibility index (Phi) is 1.89. The van der Waals surface area contributed by atoms with Crippen molar-refractivity contribution in [3.8, 4) is 0 Å². The first-order chi connectivity index (χ1) is 5.81. The normalized spacial score (nSPS) is 10.8. The van der Waals surface area contributed by atoms with Crippen LogP contribution in [0, 0.1) is 0 Å². The Labute approximate surface area is 78.7 Å². The fourth-order valence-corrected chi connectivity index (χ4v) is 1.84. The van der Waals surface area contributed by atoms with Gasteiger partial charge in [0, 0.05) is 9.86 Å². The standard InChI is InChI=1S/C9H8BrNO/c1-2-6-4-9-7(3-8(6)10)5-11-12-9/h3-5H,2H2,1H3. The quantitative estimate of drug-likeness (QED) is 0.746. The van der Waals surface area contributed by atoms with E-state index in [9.17, 15) is 0 Å². The van der Waals surface area contributed by atoms with Crippen molar-refractivity contribution < 1.29 is 4.52 Å². The predicted octanol–water partition coefficient (Wildman–Crippen LogP) is 3.15. The molecule has 1 heterocycles. The highest BCUT2D eigenvalue weighted by Crippen LogP contribution is 2.24. The SMILES string of the molecule is CCc1cc2oncc2cc1Br. The Morgan fingerprint density at radius 3 is 3.08 bits per heavy atom. The van der Waals surface area contributed by atoms with E-state index in [1.165, 1.54) is 5.56 Å². The lowest BCUT2D eigenvalue weighted by molar-refractivity contribution is 0.456. The second-order valence-electron chi connectivity index (χ2n) is 2.66.